The van der Waals surface area contributed by atoms with Crippen LogP contribution in [0.4, 0.5) is 0 Å². The molecule has 0 aliphatic carbocycles. The minimum absolute atomic E-state index is 0.161. The van der Waals surface area contributed by atoms with Crippen LogP contribution in [0, 0.1) is 0 Å². The maximum atomic E-state index is 12.0. The lowest BCUT2D eigenvalue weighted by atomic mass is 10.0. The number of nitrogens with one attached hydrogen (secondary N) is 2. The fourth-order valence-electron chi connectivity index (χ4n) is 2.30. The lowest BCUT2D eigenvalue weighted by Crippen LogP contribution is -2.51. The number of primary amides is 1. The molecule has 0 spiro atoms. The van der Waals surface area contributed by atoms with Crippen molar-refractivity contribution in [1.29, 1.82) is 0 Å². The molecule has 0 saturated carbocycles. The molecule has 1 saturated heterocycles. The number of methoxy groups -OCH3 is 1. The summed E-state index contributed by atoms with van der Waals surface area (Å²) in [6.07, 6.45) is 1.03. The Labute approximate surface area is 128 Å². The molecule has 0 unspecified atom stereocenters. The summed E-state index contributed by atoms with van der Waals surface area (Å²) in [5.74, 6) is -0.459. The van der Waals surface area contributed by atoms with Crippen molar-refractivity contribution in [2.75, 3.05) is 7.11 Å². The zero-order chi connectivity index (χ0) is 16.1. The number of ether oxygens (including phenoxy) is 1. The van der Waals surface area contributed by atoms with E-state index in [1.54, 1.807) is 31.4 Å². The number of amides is 3. The molecular formula is C15H19N3O4. The third kappa shape index (κ3) is 3.97. The Balaban J connectivity index is 1.98. The molecule has 1 aromatic rings. The molecule has 1 fully saturated rings. The maximum Gasteiger partial charge on any atom is 0.243 e. The van der Waals surface area contributed by atoms with E-state index in [1.807, 2.05) is 0 Å². The molecule has 0 aromatic heterocycles. The first-order chi connectivity index (χ1) is 10.5. The van der Waals surface area contributed by atoms with E-state index in [-0.39, 0.29) is 18.2 Å². The number of nitrogens with two attached hydrogens (primary N) is 1. The topological polar surface area (TPSA) is 111 Å². The van der Waals surface area contributed by atoms with E-state index < -0.39 is 18.0 Å². The molecule has 1 aliphatic rings. The zero-order valence-electron chi connectivity index (χ0n) is 12.3. The average molecular weight is 305 g/mol. The van der Waals surface area contributed by atoms with E-state index in [0.29, 0.717) is 18.6 Å². The summed E-state index contributed by atoms with van der Waals surface area (Å²) in [5, 5.41) is 5.15. The Kier molecular flexibility index (Phi) is 4.98. The number of rotatable bonds is 6. The predicted molar refractivity (Wildman–Crippen MR) is 79.0 cm³/mol. The first-order valence-electron chi connectivity index (χ1n) is 7.01. The van der Waals surface area contributed by atoms with Gasteiger partial charge in [-0.15, -0.1) is 0 Å². The van der Waals surface area contributed by atoms with Gasteiger partial charge in [0.15, 0.2) is 0 Å². The molecule has 2 atom stereocenters. The lowest BCUT2D eigenvalue weighted by molar-refractivity contribution is -0.129. The smallest absolute Gasteiger partial charge is 0.243 e. The lowest BCUT2D eigenvalue weighted by Gasteiger charge is -2.18. The van der Waals surface area contributed by atoms with Gasteiger partial charge in [-0.05, 0) is 24.1 Å². The fraction of sp³-hybridized carbons (Fsp3) is 0.400. The number of hydrogen-bond acceptors (Lipinski definition) is 4. The average Bonchev–Trinajstić information content (AvgIpc) is 2.94. The van der Waals surface area contributed by atoms with Crippen LogP contribution in [-0.4, -0.2) is 36.9 Å². The normalized spacial score (nSPS) is 18.4. The molecule has 1 aromatic carbocycles. The highest BCUT2D eigenvalue weighted by atomic mass is 16.5. The Morgan fingerprint density at radius 2 is 2.09 bits per heavy atom. The van der Waals surface area contributed by atoms with Gasteiger partial charge in [0.25, 0.3) is 0 Å². The highest BCUT2D eigenvalue weighted by molar-refractivity contribution is 5.93. The summed E-state index contributed by atoms with van der Waals surface area (Å²) in [4.78, 5) is 34.7. The van der Waals surface area contributed by atoms with Crippen LogP contribution in [0.15, 0.2) is 24.3 Å². The Hall–Kier alpha value is -2.57. The minimum Gasteiger partial charge on any atom is -0.497 e. The van der Waals surface area contributed by atoms with Crippen LogP contribution in [-0.2, 0) is 20.8 Å². The van der Waals surface area contributed by atoms with Gasteiger partial charge in [-0.25, -0.2) is 0 Å². The molecule has 0 bridgehead atoms. The first kappa shape index (κ1) is 15.8. The zero-order valence-corrected chi connectivity index (χ0v) is 12.3. The SMILES string of the molecule is COc1ccc(C[C@@H](NC(=O)[C@H]2CCC(=O)N2)C(N)=O)cc1. The number of benzene rings is 1. The molecule has 22 heavy (non-hydrogen) atoms. The van der Waals surface area contributed by atoms with E-state index >= 15 is 0 Å². The van der Waals surface area contributed by atoms with Crippen LogP contribution in [0.3, 0.4) is 0 Å². The fourth-order valence-corrected chi connectivity index (χ4v) is 2.30. The van der Waals surface area contributed by atoms with Crippen LogP contribution >= 0.6 is 0 Å². The van der Waals surface area contributed by atoms with E-state index in [2.05, 4.69) is 10.6 Å². The van der Waals surface area contributed by atoms with Gasteiger partial charge < -0.3 is 21.1 Å². The second kappa shape index (κ2) is 6.93. The first-order valence-corrected chi connectivity index (χ1v) is 7.01. The van der Waals surface area contributed by atoms with Crippen LogP contribution in [0.2, 0.25) is 0 Å². The van der Waals surface area contributed by atoms with Crippen molar-refractivity contribution in [1.82, 2.24) is 10.6 Å². The van der Waals surface area contributed by atoms with Crippen molar-refractivity contribution >= 4 is 17.7 Å². The highest BCUT2D eigenvalue weighted by Gasteiger charge is 2.29. The summed E-state index contributed by atoms with van der Waals surface area (Å²) in [6.45, 7) is 0. The number of carbonyl (C=O) groups is 3. The standard InChI is InChI=1S/C15H19N3O4/c1-22-10-4-2-9(3-5-10)8-12(14(16)20)18-15(21)11-6-7-13(19)17-11/h2-5,11-12H,6-8H2,1H3,(H2,16,20)(H,17,19)(H,18,21)/t11-,12-/m1/s1. The highest BCUT2D eigenvalue weighted by Crippen LogP contribution is 2.13. The quantitative estimate of drug-likeness (QED) is 0.657. The molecule has 7 heteroatoms. The molecule has 1 aliphatic heterocycles. The second-order valence-electron chi connectivity index (χ2n) is 5.17. The Bertz CT molecular complexity index is 571. The van der Waals surface area contributed by atoms with Crippen LogP contribution in [0.5, 0.6) is 5.75 Å². The van der Waals surface area contributed by atoms with Crippen molar-refractivity contribution in [3.63, 3.8) is 0 Å². The van der Waals surface area contributed by atoms with Gasteiger partial charge in [0, 0.05) is 12.8 Å². The van der Waals surface area contributed by atoms with Gasteiger partial charge in [0.05, 0.1) is 7.11 Å². The monoisotopic (exact) mass is 305 g/mol. The van der Waals surface area contributed by atoms with Crippen molar-refractivity contribution < 1.29 is 19.1 Å². The van der Waals surface area contributed by atoms with Gasteiger partial charge >= 0.3 is 0 Å². The van der Waals surface area contributed by atoms with Crippen molar-refractivity contribution in [2.24, 2.45) is 5.73 Å². The summed E-state index contributed by atoms with van der Waals surface area (Å²) >= 11 is 0. The van der Waals surface area contributed by atoms with E-state index in [0.717, 1.165) is 5.56 Å². The Morgan fingerprint density at radius 1 is 1.41 bits per heavy atom. The van der Waals surface area contributed by atoms with Gasteiger partial charge in [-0.2, -0.15) is 0 Å². The maximum absolute atomic E-state index is 12.0. The minimum atomic E-state index is -0.821. The van der Waals surface area contributed by atoms with Crippen molar-refractivity contribution in [3.05, 3.63) is 29.8 Å². The van der Waals surface area contributed by atoms with E-state index in [4.69, 9.17) is 10.5 Å². The second-order valence-corrected chi connectivity index (χ2v) is 5.17. The predicted octanol–water partition coefficient (Wildman–Crippen LogP) is -0.514. The summed E-state index contributed by atoms with van der Waals surface area (Å²) in [6, 6.07) is 5.73. The third-order valence-corrected chi connectivity index (χ3v) is 3.57. The number of hydrogen-bond donors (Lipinski definition) is 3. The third-order valence-electron chi connectivity index (χ3n) is 3.57. The Morgan fingerprint density at radius 3 is 2.59 bits per heavy atom. The van der Waals surface area contributed by atoms with Crippen LogP contribution in [0.1, 0.15) is 18.4 Å². The van der Waals surface area contributed by atoms with Gasteiger partial charge in [0.1, 0.15) is 17.8 Å². The largest absolute Gasteiger partial charge is 0.497 e. The molecule has 118 valence electrons. The van der Waals surface area contributed by atoms with Crippen LogP contribution < -0.4 is 21.1 Å². The van der Waals surface area contributed by atoms with Crippen molar-refractivity contribution in [3.8, 4) is 5.75 Å². The summed E-state index contributed by atoms with van der Waals surface area (Å²) in [7, 11) is 1.57. The van der Waals surface area contributed by atoms with Gasteiger partial charge in [-0.3, -0.25) is 14.4 Å². The van der Waals surface area contributed by atoms with E-state index in [9.17, 15) is 14.4 Å². The van der Waals surface area contributed by atoms with Gasteiger partial charge in [0.2, 0.25) is 17.7 Å². The molecule has 2 rings (SSSR count). The number of carbonyl (C=O) groups excluding carboxylic acids is 3. The van der Waals surface area contributed by atoms with Crippen molar-refractivity contribution in [2.45, 2.75) is 31.3 Å². The molecular weight excluding hydrogens is 286 g/mol. The van der Waals surface area contributed by atoms with Crippen LogP contribution in [0.25, 0.3) is 0 Å². The summed E-state index contributed by atoms with van der Waals surface area (Å²) in [5.41, 5.74) is 6.20. The molecule has 1 heterocycles. The van der Waals surface area contributed by atoms with Gasteiger partial charge in [-0.1, -0.05) is 12.1 Å². The van der Waals surface area contributed by atoms with E-state index in [1.165, 1.54) is 0 Å². The summed E-state index contributed by atoms with van der Waals surface area (Å²) < 4.78 is 5.06. The molecule has 7 nitrogen and oxygen atoms in total. The molecule has 0 radical (unpaired) electrons. The molecule has 3 amide bonds. The molecule has 4 N–H and O–H groups in total.